The normalized spacial score (nSPS) is 12.4. The Bertz CT molecular complexity index is 549. The molecule has 0 saturated heterocycles. The van der Waals surface area contributed by atoms with Crippen molar-refractivity contribution in [3.05, 3.63) is 63.2 Å². The quantitative estimate of drug-likeness (QED) is 0.767. The van der Waals surface area contributed by atoms with Gasteiger partial charge in [0.15, 0.2) is 0 Å². The molecule has 1 unspecified atom stereocenters. The van der Waals surface area contributed by atoms with E-state index in [0.29, 0.717) is 6.04 Å². The highest BCUT2D eigenvalue weighted by Gasteiger charge is 2.08. The highest BCUT2D eigenvalue weighted by atomic mass is 127. The van der Waals surface area contributed by atoms with Crippen LogP contribution in [0.25, 0.3) is 0 Å². The van der Waals surface area contributed by atoms with E-state index in [1.807, 2.05) is 0 Å². The zero-order valence-corrected chi connectivity index (χ0v) is 14.4. The summed E-state index contributed by atoms with van der Waals surface area (Å²) in [5.41, 5.74) is 3.85. The van der Waals surface area contributed by atoms with Crippen molar-refractivity contribution in [1.29, 1.82) is 0 Å². The number of nitrogens with zero attached hydrogens (tertiary/aromatic N) is 1. The fourth-order valence-electron chi connectivity index (χ4n) is 2.21. The number of rotatable bonds is 5. The highest BCUT2D eigenvalue weighted by Crippen LogP contribution is 2.23. The van der Waals surface area contributed by atoms with E-state index in [-0.39, 0.29) is 0 Å². The molecule has 0 bridgehead atoms. The van der Waals surface area contributed by atoms with Crippen LogP contribution in [0, 0.1) is 3.57 Å². The molecule has 2 nitrogen and oxygen atoms in total. The molecule has 0 radical (unpaired) electrons. The molecule has 106 valence electrons. The van der Waals surface area contributed by atoms with E-state index in [1.165, 1.54) is 20.4 Å². The second kappa shape index (κ2) is 7.09. The van der Waals surface area contributed by atoms with Crippen molar-refractivity contribution in [1.82, 2.24) is 4.90 Å². The van der Waals surface area contributed by atoms with Crippen LogP contribution >= 0.6 is 22.6 Å². The lowest BCUT2D eigenvalue weighted by Gasteiger charge is -2.20. The van der Waals surface area contributed by atoms with Crippen LogP contribution < -0.4 is 5.32 Å². The Kier molecular flexibility index (Phi) is 5.43. The van der Waals surface area contributed by atoms with Crippen LogP contribution in [0.4, 0.5) is 5.69 Å². The van der Waals surface area contributed by atoms with Crippen molar-refractivity contribution in [3.8, 4) is 0 Å². The summed E-state index contributed by atoms with van der Waals surface area (Å²) in [6.07, 6.45) is 0. The van der Waals surface area contributed by atoms with Crippen LogP contribution in [0.2, 0.25) is 0 Å². The SMILES string of the molecule is CC(Nc1ccccc1CN(C)C)c1ccc(I)cc1. The maximum absolute atomic E-state index is 3.62. The molecule has 0 fully saturated rings. The van der Waals surface area contributed by atoms with Gasteiger partial charge in [0.05, 0.1) is 0 Å². The number of hydrogen-bond donors (Lipinski definition) is 1. The maximum Gasteiger partial charge on any atom is 0.0485 e. The standard InChI is InChI=1S/C17H21IN2/c1-13(14-8-10-16(18)11-9-14)19-17-7-5-4-6-15(17)12-20(2)3/h4-11,13,19H,12H2,1-3H3. The Morgan fingerprint density at radius 3 is 2.35 bits per heavy atom. The summed E-state index contributed by atoms with van der Waals surface area (Å²) >= 11 is 2.34. The molecule has 2 aromatic rings. The monoisotopic (exact) mass is 380 g/mol. The zero-order chi connectivity index (χ0) is 14.5. The summed E-state index contributed by atoms with van der Waals surface area (Å²) in [5.74, 6) is 0. The molecule has 0 saturated carbocycles. The third-order valence-corrected chi connectivity index (χ3v) is 3.97. The topological polar surface area (TPSA) is 15.3 Å². The molecule has 1 N–H and O–H groups in total. The summed E-state index contributed by atoms with van der Waals surface area (Å²) in [6.45, 7) is 3.15. The first-order chi connectivity index (χ1) is 9.56. The Labute approximate surface area is 135 Å². The molecule has 1 atom stereocenters. The summed E-state index contributed by atoms with van der Waals surface area (Å²) in [4.78, 5) is 2.19. The van der Waals surface area contributed by atoms with Crippen LogP contribution in [0.5, 0.6) is 0 Å². The molecule has 0 aliphatic rings. The van der Waals surface area contributed by atoms with E-state index < -0.39 is 0 Å². The van der Waals surface area contributed by atoms with E-state index in [4.69, 9.17) is 0 Å². The largest absolute Gasteiger partial charge is 0.378 e. The van der Waals surface area contributed by atoms with Crippen LogP contribution in [-0.4, -0.2) is 19.0 Å². The summed E-state index contributed by atoms with van der Waals surface area (Å²) in [7, 11) is 4.19. The second-order valence-corrected chi connectivity index (χ2v) is 6.56. The molecule has 0 amide bonds. The Balaban J connectivity index is 2.15. The third kappa shape index (κ3) is 4.21. The van der Waals surface area contributed by atoms with Crippen molar-refractivity contribution in [2.24, 2.45) is 0 Å². The van der Waals surface area contributed by atoms with E-state index in [9.17, 15) is 0 Å². The van der Waals surface area contributed by atoms with Crippen LogP contribution in [0.3, 0.4) is 0 Å². The molecule has 2 rings (SSSR count). The predicted octanol–water partition coefficient (Wildman–Crippen LogP) is 4.53. The molecular formula is C17H21IN2. The van der Waals surface area contributed by atoms with Gasteiger partial charge in [0.25, 0.3) is 0 Å². The van der Waals surface area contributed by atoms with Gasteiger partial charge in [-0.2, -0.15) is 0 Å². The predicted molar refractivity (Wildman–Crippen MR) is 95.0 cm³/mol. The minimum atomic E-state index is 0.301. The lowest BCUT2D eigenvalue weighted by Crippen LogP contribution is -2.14. The van der Waals surface area contributed by atoms with Crippen molar-refractivity contribution in [2.75, 3.05) is 19.4 Å². The van der Waals surface area contributed by atoms with Crippen molar-refractivity contribution >= 4 is 28.3 Å². The van der Waals surface area contributed by atoms with Gasteiger partial charge in [-0.3, -0.25) is 0 Å². The van der Waals surface area contributed by atoms with E-state index >= 15 is 0 Å². The van der Waals surface area contributed by atoms with Crippen LogP contribution in [-0.2, 0) is 6.54 Å². The maximum atomic E-state index is 3.62. The van der Waals surface area contributed by atoms with E-state index in [0.717, 1.165) is 6.54 Å². The molecule has 2 aromatic carbocycles. The van der Waals surface area contributed by atoms with Crippen molar-refractivity contribution in [3.63, 3.8) is 0 Å². The number of para-hydroxylation sites is 1. The second-order valence-electron chi connectivity index (χ2n) is 5.31. The molecular weight excluding hydrogens is 359 g/mol. The lowest BCUT2D eigenvalue weighted by atomic mass is 10.1. The summed E-state index contributed by atoms with van der Waals surface area (Å²) < 4.78 is 1.27. The van der Waals surface area contributed by atoms with Gasteiger partial charge in [-0.05, 0) is 72.9 Å². The Hall–Kier alpha value is -1.07. The number of hydrogen-bond acceptors (Lipinski definition) is 2. The van der Waals surface area contributed by atoms with Gasteiger partial charge < -0.3 is 10.2 Å². The summed E-state index contributed by atoms with van der Waals surface area (Å²) in [5, 5.41) is 3.62. The molecule has 0 aliphatic carbocycles. The van der Waals surface area contributed by atoms with Gasteiger partial charge in [-0.1, -0.05) is 30.3 Å². The third-order valence-electron chi connectivity index (χ3n) is 3.25. The number of halogens is 1. The van der Waals surface area contributed by atoms with Gasteiger partial charge in [0.1, 0.15) is 0 Å². The highest BCUT2D eigenvalue weighted by molar-refractivity contribution is 14.1. The minimum Gasteiger partial charge on any atom is -0.378 e. The van der Waals surface area contributed by atoms with Crippen LogP contribution in [0.1, 0.15) is 24.1 Å². The molecule has 0 aliphatic heterocycles. The van der Waals surface area contributed by atoms with E-state index in [1.54, 1.807) is 0 Å². The average molecular weight is 380 g/mol. The first-order valence-corrected chi connectivity index (χ1v) is 7.89. The Morgan fingerprint density at radius 1 is 1.05 bits per heavy atom. The minimum absolute atomic E-state index is 0.301. The van der Waals surface area contributed by atoms with Gasteiger partial charge >= 0.3 is 0 Å². The number of anilines is 1. The van der Waals surface area contributed by atoms with Crippen LogP contribution in [0.15, 0.2) is 48.5 Å². The number of benzene rings is 2. The van der Waals surface area contributed by atoms with Gasteiger partial charge in [0, 0.05) is 21.8 Å². The zero-order valence-electron chi connectivity index (χ0n) is 12.2. The van der Waals surface area contributed by atoms with Gasteiger partial charge in [0.2, 0.25) is 0 Å². The average Bonchev–Trinajstić information content (AvgIpc) is 2.41. The molecule has 3 heteroatoms. The molecule has 20 heavy (non-hydrogen) atoms. The Morgan fingerprint density at radius 2 is 1.70 bits per heavy atom. The van der Waals surface area contributed by atoms with Gasteiger partial charge in [-0.25, -0.2) is 0 Å². The number of nitrogens with one attached hydrogen (secondary N) is 1. The molecule has 0 aromatic heterocycles. The fraction of sp³-hybridized carbons (Fsp3) is 0.294. The van der Waals surface area contributed by atoms with Crippen molar-refractivity contribution in [2.45, 2.75) is 19.5 Å². The van der Waals surface area contributed by atoms with E-state index in [2.05, 4.69) is 102 Å². The first kappa shape index (κ1) is 15.3. The van der Waals surface area contributed by atoms with Gasteiger partial charge in [-0.15, -0.1) is 0 Å². The fourth-order valence-corrected chi connectivity index (χ4v) is 2.57. The first-order valence-electron chi connectivity index (χ1n) is 6.81. The molecule has 0 heterocycles. The molecule has 0 spiro atoms. The smallest absolute Gasteiger partial charge is 0.0485 e. The van der Waals surface area contributed by atoms with Crippen molar-refractivity contribution < 1.29 is 0 Å². The lowest BCUT2D eigenvalue weighted by molar-refractivity contribution is 0.403. The summed E-state index contributed by atoms with van der Waals surface area (Å²) in [6, 6.07) is 17.5.